The second-order valence-corrected chi connectivity index (χ2v) is 10.9. The van der Waals surface area contributed by atoms with E-state index in [9.17, 15) is 9.59 Å². The fourth-order valence-electron chi connectivity index (χ4n) is 1.30. The van der Waals surface area contributed by atoms with Crippen molar-refractivity contribution in [3.05, 3.63) is 24.8 Å². The molecule has 19 heavy (non-hydrogen) atoms. The van der Waals surface area contributed by atoms with E-state index in [4.69, 9.17) is 4.43 Å². The monoisotopic (exact) mass is 282 g/mol. The van der Waals surface area contributed by atoms with Crippen LogP contribution in [0.15, 0.2) is 24.8 Å². The van der Waals surface area contributed by atoms with Gasteiger partial charge in [0.15, 0.2) is 14.1 Å². The molecule has 0 saturated carbocycles. The van der Waals surface area contributed by atoms with Gasteiger partial charge < -0.3 is 4.43 Å². The van der Waals surface area contributed by atoms with Crippen LogP contribution in [0.3, 0.4) is 0 Å². The summed E-state index contributed by atoms with van der Waals surface area (Å²) in [5.74, 6) is -0.140. The Balaban J connectivity index is 4.95. The molecule has 0 heterocycles. The van der Waals surface area contributed by atoms with E-state index in [0.717, 1.165) is 6.42 Å². The summed E-state index contributed by atoms with van der Waals surface area (Å²) in [7, 11) is -2.00. The van der Waals surface area contributed by atoms with E-state index in [1.54, 1.807) is 6.08 Å². The van der Waals surface area contributed by atoms with Gasteiger partial charge in [-0.1, -0.05) is 26.8 Å². The van der Waals surface area contributed by atoms with Crippen molar-refractivity contribution >= 4 is 20.4 Å². The lowest BCUT2D eigenvalue weighted by Crippen LogP contribution is -2.45. The van der Waals surface area contributed by atoms with Gasteiger partial charge in [-0.2, -0.15) is 0 Å². The second kappa shape index (κ2) is 7.55. The van der Waals surface area contributed by atoms with Crippen molar-refractivity contribution in [2.45, 2.75) is 57.8 Å². The van der Waals surface area contributed by atoms with Crippen LogP contribution in [0.5, 0.6) is 0 Å². The summed E-state index contributed by atoms with van der Waals surface area (Å²) in [5.41, 5.74) is 0. The van der Waals surface area contributed by atoms with Crippen molar-refractivity contribution in [3.8, 4) is 0 Å². The summed E-state index contributed by atoms with van der Waals surface area (Å²) in [6.07, 6.45) is 5.76. The molecule has 0 radical (unpaired) electrons. The van der Waals surface area contributed by atoms with Crippen LogP contribution in [-0.4, -0.2) is 26.5 Å². The van der Waals surface area contributed by atoms with Gasteiger partial charge in [-0.25, -0.2) is 0 Å². The molecule has 0 bridgehead atoms. The van der Waals surface area contributed by atoms with Crippen molar-refractivity contribution in [2.24, 2.45) is 0 Å². The summed E-state index contributed by atoms with van der Waals surface area (Å²) in [6, 6.07) is 0. The molecule has 1 atom stereocenters. The average Bonchev–Trinajstić information content (AvgIpc) is 2.29. The molecule has 0 unspecified atom stereocenters. The van der Waals surface area contributed by atoms with E-state index in [1.165, 1.54) is 12.2 Å². The molecule has 0 aliphatic heterocycles. The summed E-state index contributed by atoms with van der Waals surface area (Å²) in [6.45, 7) is 14.3. The maximum absolute atomic E-state index is 12.0. The Morgan fingerprint density at radius 1 is 1.37 bits per heavy atom. The summed E-state index contributed by atoms with van der Waals surface area (Å²) in [4.78, 5) is 22.3. The van der Waals surface area contributed by atoms with Gasteiger partial charge in [0.05, 0.1) is 0 Å². The highest BCUT2D eigenvalue weighted by molar-refractivity contribution is 6.74. The van der Waals surface area contributed by atoms with Crippen molar-refractivity contribution in [1.82, 2.24) is 0 Å². The van der Waals surface area contributed by atoms with Crippen molar-refractivity contribution in [2.75, 3.05) is 0 Å². The first-order valence-electron chi connectivity index (χ1n) is 6.60. The number of rotatable bonds is 8. The van der Waals surface area contributed by atoms with Crippen molar-refractivity contribution in [1.29, 1.82) is 0 Å². The first-order valence-corrected chi connectivity index (χ1v) is 9.51. The number of hydrogen-bond donors (Lipinski definition) is 0. The normalized spacial score (nSPS) is 14.4. The number of carbonyl (C=O) groups excluding carboxylic acids is 2. The molecular weight excluding hydrogens is 256 g/mol. The van der Waals surface area contributed by atoms with Gasteiger partial charge in [-0.15, -0.1) is 6.58 Å². The summed E-state index contributed by atoms with van der Waals surface area (Å²) < 4.78 is 6.14. The SMILES string of the molecule is C=CCC[C@H](O[Si](C)(C)C(C)(C)C)C(=O)/C=C/C=O. The lowest BCUT2D eigenvalue weighted by Gasteiger charge is -2.38. The van der Waals surface area contributed by atoms with Crippen LogP contribution in [0.4, 0.5) is 0 Å². The molecule has 0 aliphatic rings. The second-order valence-electron chi connectivity index (χ2n) is 6.13. The minimum absolute atomic E-state index is 0.0497. The minimum atomic E-state index is -2.00. The van der Waals surface area contributed by atoms with Crippen molar-refractivity contribution < 1.29 is 14.0 Å². The Bertz CT molecular complexity index is 351. The van der Waals surface area contributed by atoms with Crippen LogP contribution in [-0.2, 0) is 14.0 Å². The first-order chi connectivity index (χ1) is 8.65. The van der Waals surface area contributed by atoms with E-state index in [-0.39, 0.29) is 10.8 Å². The van der Waals surface area contributed by atoms with Gasteiger partial charge in [0.1, 0.15) is 12.4 Å². The molecule has 108 valence electrons. The minimum Gasteiger partial charge on any atom is -0.407 e. The molecule has 4 heteroatoms. The highest BCUT2D eigenvalue weighted by atomic mass is 28.4. The molecular formula is C15H26O3Si. The van der Waals surface area contributed by atoms with Crippen LogP contribution in [0.25, 0.3) is 0 Å². The van der Waals surface area contributed by atoms with E-state index >= 15 is 0 Å². The van der Waals surface area contributed by atoms with E-state index in [1.807, 2.05) is 0 Å². The molecule has 0 aromatic rings. The predicted molar refractivity (Wildman–Crippen MR) is 81.7 cm³/mol. The zero-order valence-electron chi connectivity index (χ0n) is 12.7. The van der Waals surface area contributed by atoms with E-state index in [2.05, 4.69) is 40.4 Å². The standard InChI is InChI=1S/C15H26O3Si/c1-7-8-11-14(13(17)10-9-12-16)18-19(5,6)15(2,3)4/h7,9-10,12,14H,1,8,11H2,2-6H3/b10-9+/t14-/m0/s1. The molecule has 0 fully saturated rings. The zero-order valence-corrected chi connectivity index (χ0v) is 13.7. The predicted octanol–water partition coefficient (Wildman–Crippen LogP) is 3.67. The molecule has 0 amide bonds. The number of hydrogen-bond acceptors (Lipinski definition) is 3. The molecule has 3 nitrogen and oxygen atoms in total. The third-order valence-corrected chi connectivity index (χ3v) is 8.02. The van der Waals surface area contributed by atoms with Gasteiger partial charge in [-0.3, -0.25) is 9.59 Å². The smallest absolute Gasteiger partial charge is 0.193 e. The Kier molecular flexibility index (Phi) is 7.15. The lowest BCUT2D eigenvalue weighted by atomic mass is 10.1. The molecule has 0 spiro atoms. The zero-order chi connectivity index (χ0) is 15.1. The first kappa shape index (κ1) is 18.0. The maximum atomic E-state index is 12.0. The third kappa shape index (κ3) is 6.12. The van der Waals surface area contributed by atoms with Crippen LogP contribution in [0.1, 0.15) is 33.6 Å². The molecule has 0 aromatic carbocycles. The van der Waals surface area contributed by atoms with E-state index < -0.39 is 14.4 Å². The topological polar surface area (TPSA) is 43.4 Å². The van der Waals surface area contributed by atoms with Gasteiger partial charge in [0, 0.05) is 0 Å². The van der Waals surface area contributed by atoms with Crippen LogP contribution in [0, 0.1) is 0 Å². The molecule has 0 N–H and O–H groups in total. The van der Waals surface area contributed by atoms with E-state index in [0.29, 0.717) is 12.7 Å². The Labute approximate surface area is 117 Å². The third-order valence-electron chi connectivity index (χ3n) is 3.53. The molecule has 0 aliphatic carbocycles. The van der Waals surface area contributed by atoms with Gasteiger partial charge in [0.25, 0.3) is 0 Å². The van der Waals surface area contributed by atoms with Gasteiger partial charge in [0.2, 0.25) is 0 Å². The lowest BCUT2D eigenvalue weighted by molar-refractivity contribution is -0.122. The Hall–Kier alpha value is -1.00. The Morgan fingerprint density at radius 2 is 1.95 bits per heavy atom. The number of carbonyl (C=O) groups is 2. The fourth-order valence-corrected chi connectivity index (χ4v) is 2.60. The maximum Gasteiger partial charge on any atom is 0.193 e. The summed E-state index contributed by atoms with van der Waals surface area (Å²) >= 11 is 0. The number of allylic oxidation sites excluding steroid dienone is 2. The van der Waals surface area contributed by atoms with Crippen LogP contribution >= 0.6 is 0 Å². The quantitative estimate of drug-likeness (QED) is 0.295. The number of aldehydes is 1. The molecule has 0 saturated heterocycles. The number of ketones is 1. The fraction of sp³-hybridized carbons (Fsp3) is 0.600. The van der Waals surface area contributed by atoms with Crippen LogP contribution < -0.4 is 0 Å². The average molecular weight is 282 g/mol. The van der Waals surface area contributed by atoms with Crippen LogP contribution in [0.2, 0.25) is 18.1 Å². The summed E-state index contributed by atoms with van der Waals surface area (Å²) in [5, 5.41) is 0.0497. The molecule has 0 rings (SSSR count). The highest BCUT2D eigenvalue weighted by Gasteiger charge is 2.40. The van der Waals surface area contributed by atoms with Crippen molar-refractivity contribution in [3.63, 3.8) is 0 Å². The van der Waals surface area contributed by atoms with Gasteiger partial charge >= 0.3 is 0 Å². The largest absolute Gasteiger partial charge is 0.407 e. The Morgan fingerprint density at radius 3 is 2.37 bits per heavy atom. The van der Waals surface area contributed by atoms with Gasteiger partial charge in [-0.05, 0) is 43.1 Å². The molecule has 0 aromatic heterocycles. The highest BCUT2D eigenvalue weighted by Crippen LogP contribution is 2.37.